The Labute approximate surface area is 108 Å². The Kier molecular flexibility index (Phi) is 6.98. The van der Waals surface area contributed by atoms with Gasteiger partial charge < -0.3 is 14.8 Å². The monoisotopic (exact) mass is 252 g/mol. The molecule has 0 aromatic carbocycles. The summed E-state index contributed by atoms with van der Waals surface area (Å²) >= 11 is 0. The maximum Gasteiger partial charge on any atom is 0.332 e. The average Bonchev–Trinajstić information content (AvgIpc) is 2.36. The molecule has 1 aromatic heterocycles. The van der Waals surface area contributed by atoms with Crippen molar-refractivity contribution in [1.29, 1.82) is 0 Å². The quantitative estimate of drug-likeness (QED) is 0.554. The summed E-state index contributed by atoms with van der Waals surface area (Å²) in [4.78, 5) is 15.0. The maximum atomic E-state index is 11.0. The second kappa shape index (κ2) is 8.60. The van der Waals surface area contributed by atoms with Crippen molar-refractivity contribution in [1.82, 2.24) is 10.3 Å². The average molecular weight is 252 g/mol. The number of pyridine rings is 1. The normalized spacial score (nSPS) is 10.3. The number of hydrogen-bond acceptors (Lipinski definition) is 5. The van der Waals surface area contributed by atoms with Crippen LogP contribution in [0, 0.1) is 6.92 Å². The minimum atomic E-state index is -0.317. The van der Waals surface area contributed by atoms with Crippen LogP contribution in [0.2, 0.25) is 0 Å². The molecule has 18 heavy (non-hydrogen) atoms. The van der Waals surface area contributed by atoms with Crippen LogP contribution in [-0.2, 0) is 20.8 Å². The van der Waals surface area contributed by atoms with E-state index in [0.717, 1.165) is 12.1 Å². The van der Waals surface area contributed by atoms with Gasteiger partial charge in [0.15, 0.2) is 0 Å². The van der Waals surface area contributed by atoms with Gasteiger partial charge in [0.1, 0.15) is 6.61 Å². The highest BCUT2D eigenvalue weighted by Crippen LogP contribution is 2.03. The summed E-state index contributed by atoms with van der Waals surface area (Å²) in [6.45, 7) is 6.17. The van der Waals surface area contributed by atoms with Gasteiger partial charge in [0.25, 0.3) is 0 Å². The first-order chi connectivity index (χ1) is 8.74. The summed E-state index contributed by atoms with van der Waals surface area (Å²) < 4.78 is 9.91. The predicted molar refractivity (Wildman–Crippen MR) is 68.1 cm³/mol. The van der Waals surface area contributed by atoms with Crippen LogP contribution in [-0.4, -0.2) is 37.3 Å². The Morgan fingerprint density at radius 1 is 1.50 bits per heavy atom. The Morgan fingerprint density at radius 3 is 3.06 bits per heavy atom. The summed E-state index contributed by atoms with van der Waals surface area (Å²) in [5, 5.41) is 3.24. The van der Waals surface area contributed by atoms with Gasteiger partial charge in [-0.25, -0.2) is 4.79 Å². The summed E-state index contributed by atoms with van der Waals surface area (Å²) in [5.74, 6) is -0.317. The van der Waals surface area contributed by atoms with Crippen molar-refractivity contribution in [2.75, 3.05) is 26.4 Å². The fraction of sp³-hybridized carbons (Fsp3) is 0.538. The molecule has 0 unspecified atom stereocenters. The summed E-state index contributed by atoms with van der Waals surface area (Å²) in [6.07, 6.45) is 3.62. The zero-order chi connectivity index (χ0) is 13.2. The molecule has 0 spiro atoms. The molecule has 5 heteroatoms. The third-order valence-electron chi connectivity index (χ3n) is 2.40. The molecule has 0 aliphatic heterocycles. The topological polar surface area (TPSA) is 60.5 Å². The van der Waals surface area contributed by atoms with E-state index in [-0.39, 0.29) is 12.6 Å². The zero-order valence-electron chi connectivity index (χ0n) is 10.9. The Morgan fingerprint density at radius 2 is 2.33 bits per heavy atom. The van der Waals surface area contributed by atoms with Crippen molar-refractivity contribution in [3.63, 3.8) is 0 Å². The van der Waals surface area contributed by atoms with E-state index >= 15 is 0 Å². The van der Waals surface area contributed by atoms with E-state index in [2.05, 4.69) is 10.3 Å². The number of hydrogen-bond donors (Lipinski definition) is 1. The smallest absolute Gasteiger partial charge is 0.332 e. The number of esters is 1. The standard InChI is InChI=1S/C13H20N2O3/c1-3-18-13(16)10-17-7-6-15-9-12-4-5-14-8-11(12)2/h4-5,8,15H,3,6-7,9-10H2,1-2H3. The lowest BCUT2D eigenvalue weighted by Gasteiger charge is -2.07. The first-order valence-corrected chi connectivity index (χ1v) is 6.07. The molecule has 1 aromatic rings. The minimum absolute atomic E-state index is 0.0177. The second-order valence-electron chi connectivity index (χ2n) is 3.84. The molecule has 1 heterocycles. The van der Waals surface area contributed by atoms with Crippen LogP contribution < -0.4 is 5.32 Å². The van der Waals surface area contributed by atoms with Crippen LogP contribution in [0.3, 0.4) is 0 Å². The van der Waals surface area contributed by atoms with Gasteiger partial charge in [0.2, 0.25) is 0 Å². The molecule has 0 saturated carbocycles. The van der Waals surface area contributed by atoms with E-state index in [1.807, 2.05) is 19.2 Å². The number of ether oxygens (including phenoxy) is 2. The van der Waals surface area contributed by atoms with Crippen LogP contribution in [0.25, 0.3) is 0 Å². The highest BCUT2D eigenvalue weighted by atomic mass is 16.6. The van der Waals surface area contributed by atoms with Crippen molar-refractivity contribution in [3.05, 3.63) is 29.6 Å². The molecule has 0 aliphatic carbocycles. The lowest BCUT2D eigenvalue weighted by Crippen LogP contribution is -2.22. The van der Waals surface area contributed by atoms with E-state index in [4.69, 9.17) is 9.47 Å². The van der Waals surface area contributed by atoms with Crippen LogP contribution >= 0.6 is 0 Å². The van der Waals surface area contributed by atoms with Crippen LogP contribution in [0.15, 0.2) is 18.5 Å². The van der Waals surface area contributed by atoms with Crippen LogP contribution in [0.1, 0.15) is 18.1 Å². The fourth-order valence-corrected chi connectivity index (χ4v) is 1.43. The van der Waals surface area contributed by atoms with Crippen molar-refractivity contribution >= 4 is 5.97 Å². The van der Waals surface area contributed by atoms with E-state index < -0.39 is 0 Å². The Balaban J connectivity index is 2.06. The minimum Gasteiger partial charge on any atom is -0.464 e. The molecule has 100 valence electrons. The first kappa shape index (κ1) is 14.6. The maximum absolute atomic E-state index is 11.0. The molecule has 5 nitrogen and oxygen atoms in total. The molecule has 0 bridgehead atoms. The molecule has 0 atom stereocenters. The van der Waals surface area contributed by atoms with E-state index in [1.165, 1.54) is 5.56 Å². The van der Waals surface area contributed by atoms with Gasteiger partial charge >= 0.3 is 5.97 Å². The summed E-state index contributed by atoms with van der Waals surface area (Å²) in [5.41, 5.74) is 2.38. The third-order valence-corrected chi connectivity index (χ3v) is 2.40. The molecular weight excluding hydrogens is 232 g/mol. The molecule has 1 N–H and O–H groups in total. The molecule has 0 radical (unpaired) electrons. The molecule has 1 rings (SSSR count). The van der Waals surface area contributed by atoms with E-state index in [1.54, 1.807) is 13.1 Å². The number of carbonyl (C=O) groups is 1. The van der Waals surface area contributed by atoms with Crippen molar-refractivity contribution in [3.8, 4) is 0 Å². The number of aryl methyl sites for hydroxylation is 1. The molecule has 0 saturated heterocycles. The van der Waals surface area contributed by atoms with Crippen LogP contribution in [0.5, 0.6) is 0 Å². The second-order valence-corrected chi connectivity index (χ2v) is 3.84. The van der Waals surface area contributed by atoms with Gasteiger partial charge in [0, 0.05) is 25.5 Å². The van der Waals surface area contributed by atoms with Gasteiger partial charge in [-0.3, -0.25) is 4.98 Å². The van der Waals surface area contributed by atoms with Gasteiger partial charge in [-0.15, -0.1) is 0 Å². The SMILES string of the molecule is CCOC(=O)COCCNCc1ccncc1C. The largest absolute Gasteiger partial charge is 0.464 e. The van der Waals surface area contributed by atoms with Crippen molar-refractivity contribution in [2.45, 2.75) is 20.4 Å². The fourth-order valence-electron chi connectivity index (χ4n) is 1.43. The van der Waals surface area contributed by atoms with Gasteiger partial charge in [-0.1, -0.05) is 0 Å². The molecule has 0 aliphatic rings. The Hall–Kier alpha value is -1.46. The van der Waals surface area contributed by atoms with Crippen LogP contribution in [0.4, 0.5) is 0 Å². The van der Waals surface area contributed by atoms with Crippen molar-refractivity contribution < 1.29 is 14.3 Å². The summed E-state index contributed by atoms with van der Waals surface area (Å²) in [7, 11) is 0. The number of aromatic nitrogens is 1. The van der Waals surface area contributed by atoms with Gasteiger partial charge in [0.05, 0.1) is 13.2 Å². The first-order valence-electron chi connectivity index (χ1n) is 6.07. The highest BCUT2D eigenvalue weighted by molar-refractivity contribution is 5.70. The molecule has 0 amide bonds. The van der Waals surface area contributed by atoms with Gasteiger partial charge in [-0.2, -0.15) is 0 Å². The lowest BCUT2D eigenvalue weighted by molar-refractivity contribution is -0.148. The van der Waals surface area contributed by atoms with E-state index in [0.29, 0.717) is 19.8 Å². The number of rotatable bonds is 8. The summed E-state index contributed by atoms with van der Waals surface area (Å²) in [6, 6.07) is 1.99. The molecular formula is C13H20N2O3. The molecule has 0 fully saturated rings. The van der Waals surface area contributed by atoms with E-state index in [9.17, 15) is 4.79 Å². The highest BCUT2D eigenvalue weighted by Gasteiger charge is 2.01. The number of carbonyl (C=O) groups excluding carboxylic acids is 1. The number of nitrogens with zero attached hydrogens (tertiary/aromatic N) is 1. The Bertz CT molecular complexity index is 369. The van der Waals surface area contributed by atoms with Crippen molar-refractivity contribution in [2.24, 2.45) is 0 Å². The predicted octanol–water partition coefficient (Wildman–Crippen LogP) is 1.06. The van der Waals surface area contributed by atoms with Gasteiger partial charge in [-0.05, 0) is 31.0 Å². The zero-order valence-corrected chi connectivity index (χ0v) is 10.9. The third kappa shape index (κ3) is 5.75. The lowest BCUT2D eigenvalue weighted by atomic mass is 10.1. The number of nitrogens with one attached hydrogen (secondary N) is 1.